The zero-order valence-electron chi connectivity index (χ0n) is 20.7. The van der Waals surface area contributed by atoms with Crippen LogP contribution in [0.3, 0.4) is 0 Å². The molecule has 0 bridgehead atoms. The Hall–Kier alpha value is -4.31. The van der Waals surface area contributed by atoms with Crippen molar-refractivity contribution in [1.29, 1.82) is 5.26 Å². The van der Waals surface area contributed by atoms with Crippen molar-refractivity contribution >= 4 is 27.7 Å². The van der Waals surface area contributed by atoms with Crippen LogP contribution in [0.4, 0.5) is 5.82 Å². The summed E-state index contributed by atoms with van der Waals surface area (Å²) in [5.74, 6) is -2.21. The van der Waals surface area contributed by atoms with Gasteiger partial charge in [-0.3, -0.25) is 9.52 Å². The molecule has 0 unspecified atom stereocenters. The molecule has 1 fully saturated rings. The lowest BCUT2D eigenvalue weighted by Gasteiger charge is -2.33. The standard InChI is InChI=1S/C25H27N7O5S/c1-2-19-20(14-26)23(28-21(22(19)25(34)35)15-32-13-10-27-30-32)31-11-8-18(9-12-31)24(33)29-38(36,37)16-17-6-4-3-5-7-17/h3-7,10,13,18H,2,8-9,11-12,15-16H2,1H3,(H,29,33)(H,34,35). The fourth-order valence-electron chi connectivity index (χ4n) is 4.63. The van der Waals surface area contributed by atoms with Gasteiger partial charge in [0, 0.05) is 25.2 Å². The summed E-state index contributed by atoms with van der Waals surface area (Å²) < 4.78 is 28.6. The van der Waals surface area contributed by atoms with Crippen molar-refractivity contribution in [3.63, 3.8) is 0 Å². The molecule has 0 radical (unpaired) electrons. The molecule has 198 valence electrons. The van der Waals surface area contributed by atoms with Crippen LogP contribution < -0.4 is 9.62 Å². The lowest BCUT2D eigenvalue weighted by molar-refractivity contribution is -0.123. The van der Waals surface area contributed by atoms with Crippen LogP contribution in [-0.4, -0.2) is 58.5 Å². The maximum absolute atomic E-state index is 12.8. The second-order valence-electron chi connectivity index (χ2n) is 8.95. The second kappa shape index (κ2) is 11.4. The number of piperidine rings is 1. The lowest BCUT2D eigenvalue weighted by atomic mass is 9.94. The maximum atomic E-state index is 12.8. The predicted octanol–water partition coefficient (Wildman–Crippen LogP) is 1.72. The Morgan fingerprint density at radius 2 is 1.92 bits per heavy atom. The van der Waals surface area contributed by atoms with E-state index in [1.807, 2.05) is 4.90 Å². The van der Waals surface area contributed by atoms with E-state index in [-0.39, 0.29) is 29.1 Å². The first-order valence-corrected chi connectivity index (χ1v) is 13.7. The van der Waals surface area contributed by atoms with Gasteiger partial charge in [0.25, 0.3) is 0 Å². The molecule has 0 aliphatic carbocycles. The maximum Gasteiger partial charge on any atom is 0.337 e. The molecule has 1 aliphatic rings. The second-order valence-corrected chi connectivity index (χ2v) is 10.7. The number of aromatic nitrogens is 4. The van der Waals surface area contributed by atoms with Crippen molar-refractivity contribution in [1.82, 2.24) is 24.7 Å². The van der Waals surface area contributed by atoms with Gasteiger partial charge in [-0.25, -0.2) is 22.9 Å². The number of carboxylic acid groups (broad SMARTS) is 1. The Morgan fingerprint density at radius 3 is 2.50 bits per heavy atom. The Kier molecular flexibility index (Phi) is 8.02. The van der Waals surface area contributed by atoms with Crippen LogP contribution in [0.25, 0.3) is 0 Å². The van der Waals surface area contributed by atoms with Gasteiger partial charge in [0.1, 0.15) is 11.9 Å². The van der Waals surface area contributed by atoms with Gasteiger partial charge in [-0.15, -0.1) is 5.10 Å². The number of amides is 1. The van der Waals surface area contributed by atoms with Gasteiger partial charge >= 0.3 is 5.97 Å². The summed E-state index contributed by atoms with van der Waals surface area (Å²) in [6.45, 7) is 2.53. The largest absolute Gasteiger partial charge is 0.478 e. The number of benzene rings is 1. The highest BCUT2D eigenvalue weighted by atomic mass is 32.2. The highest BCUT2D eigenvalue weighted by Crippen LogP contribution is 2.31. The highest BCUT2D eigenvalue weighted by Gasteiger charge is 2.31. The molecule has 0 spiro atoms. The molecule has 13 heteroatoms. The first-order chi connectivity index (χ1) is 18.2. The van der Waals surface area contributed by atoms with E-state index in [2.05, 4.69) is 26.1 Å². The predicted molar refractivity (Wildman–Crippen MR) is 137 cm³/mol. The molecule has 2 N–H and O–H groups in total. The first kappa shape index (κ1) is 26.7. The van der Waals surface area contributed by atoms with E-state index in [0.717, 1.165) is 0 Å². The quantitative estimate of drug-likeness (QED) is 0.409. The summed E-state index contributed by atoms with van der Waals surface area (Å²) in [5.41, 5.74) is 1.37. The molecule has 1 amide bonds. The van der Waals surface area contributed by atoms with E-state index in [9.17, 15) is 28.4 Å². The van der Waals surface area contributed by atoms with Crippen LogP contribution in [-0.2, 0) is 33.5 Å². The number of carbonyl (C=O) groups excluding carboxylic acids is 1. The molecule has 3 aromatic rings. The topological polar surface area (TPSA) is 171 Å². The van der Waals surface area contributed by atoms with Gasteiger partial charge in [-0.05, 0) is 30.4 Å². The molecular formula is C25H27N7O5S. The van der Waals surface area contributed by atoms with Crippen LogP contribution in [0.5, 0.6) is 0 Å². The van der Waals surface area contributed by atoms with Crippen molar-refractivity contribution < 1.29 is 23.1 Å². The normalized spacial score (nSPS) is 14.2. The number of aromatic carboxylic acids is 1. The van der Waals surface area contributed by atoms with Gasteiger partial charge in [0.05, 0.1) is 35.3 Å². The number of carboxylic acids is 1. The van der Waals surface area contributed by atoms with Crippen LogP contribution >= 0.6 is 0 Å². The van der Waals surface area contributed by atoms with Crippen molar-refractivity contribution in [3.8, 4) is 6.07 Å². The third kappa shape index (κ3) is 5.97. The molecule has 3 heterocycles. The first-order valence-electron chi connectivity index (χ1n) is 12.1. The average molecular weight is 538 g/mol. The minimum absolute atomic E-state index is 0.0267. The number of pyridine rings is 1. The van der Waals surface area contributed by atoms with Gasteiger partial charge in [0.2, 0.25) is 15.9 Å². The zero-order chi connectivity index (χ0) is 27.3. The smallest absolute Gasteiger partial charge is 0.337 e. The summed E-state index contributed by atoms with van der Waals surface area (Å²) in [4.78, 5) is 31.3. The van der Waals surface area contributed by atoms with Gasteiger partial charge < -0.3 is 10.0 Å². The van der Waals surface area contributed by atoms with E-state index < -0.39 is 27.8 Å². The monoisotopic (exact) mass is 537 g/mol. The molecule has 12 nitrogen and oxygen atoms in total. The summed E-state index contributed by atoms with van der Waals surface area (Å²) in [6, 6.07) is 10.7. The van der Waals surface area contributed by atoms with E-state index in [4.69, 9.17) is 0 Å². The Morgan fingerprint density at radius 1 is 1.21 bits per heavy atom. The number of nitrogens with one attached hydrogen (secondary N) is 1. The average Bonchev–Trinajstić information content (AvgIpc) is 3.41. The number of rotatable bonds is 9. The van der Waals surface area contributed by atoms with Gasteiger partial charge in [-0.2, -0.15) is 5.26 Å². The summed E-state index contributed by atoms with van der Waals surface area (Å²) in [5, 5.41) is 27.5. The van der Waals surface area contributed by atoms with Crippen LogP contribution in [0.15, 0.2) is 42.7 Å². The molecule has 2 aromatic heterocycles. The molecule has 1 aliphatic heterocycles. The van der Waals surface area contributed by atoms with E-state index in [1.165, 1.54) is 10.9 Å². The number of hydrogen-bond acceptors (Lipinski definition) is 9. The molecule has 1 saturated heterocycles. The molecule has 4 rings (SSSR count). The third-order valence-electron chi connectivity index (χ3n) is 6.44. The Labute approximate surface area is 220 Å². The molecule has 1 aromatic carbocycles. The fraction of sp³-hybridized carbons (Fsp3) is 0.360. The molecule has 38 heavy (non-hydrogen) atoms. The summed E-state index contributed by atoms with van der Waals surface area (Å²) in [7, 11) is -3.85. The number of sulfonamides is 1. The zero-order valence-corrected chi connectivity index (χ0v) is 21.6. The van der Waals surface area contributed by atoms with Gasteiger partial charge in [0.15, 0.2) is 0 Å². The number of nitrogens with zero attached hydrogens (tertiary/aromatic N) is 6. The van der Waals surface area contributed by atoms with Crippen LogP contribution in [0.1, 0.15) is 52.5 Å². The van der Waals surface area contributed by atoms with Crippen molar-refractivity contribution in [3.05, 3.63) is 70.7 Å². The summed E-state index contributed by atoms with van der Waals surface area (Å²) in [6.07, 6.45) is 4.07. The molecule has 0 saturated carbocycles. The fourth-order valence-corrected chi connectivity index (χ4v) is 5.81. The lowest BCUT2D eigenvalue weighted by Crippen LogP contribution is -2.43. The van der Waals surface area contributed by atoms with Gasteiger partial charge in [-0.1, -0.05) is 42.5 Å². The van der Waals surface area contributed by atoms with Crippen LogP contribution in [0.2, 0.25) is 0 Å². The summed E-state index contributed by atoms with van der Waals surface area (Å²) >= 11 is 0. The molecule has 0 atom stereocenters. The number of anilines is 1. The van der Waals surface area contributed by atoms with Crippen molar-refractivity contribution in [2.24, 2.45) is 5.92 Å². The SMILES string of the molecule is CCc1c(C#N)c(N2CCC(C(=O)NS(=O)(=O)Cc3ccccc3)CC2)nc(Cn2ccnn2)c1C(=O)O. The number of carbonyl (C=O) groups is 2. The Balaban J connectivity index is 1.52. The van der Waals surface area contributed by atoms with E-state index in [1.54, 1.807) is 43.5 Å². The molecular weight excluding hydrogens is 510 g/mol. The van der Waals surface area contributed by atoms with E-state index in [0.29, 0.717) is 49.3 Å². The number of nitriles is 1. The highest BCUT2D eigenvalue weighted by molar-refractivity contribution is 7.89. The minimum Gasteiger partial charge on any atom is -0.478 e. The van der Waals surface area contributed by atoms with E-state index >= 15 is 0 Å². The van der Waals surface area contributed by atoms with Crippen molar-refractivity contribution in [2.45, 2.75) is 38.5 Å². The minimum atomic E-state index is -3.85. The third-order valence-corrected chi connectivity index (χ3v) is 7.67. The van der Waals surface area contributed by atoms with Crippen LogP contribution in [0, 0.1) is 17.2 Å². The Bertz CT molecular complexity index is 1460. The van der Waals surface area contributed by atoms with Crippen molar-refractivity contribution in [2.75, 3.05) is 18.0 Å². The number of hydrogen-bond donors (Lipinski definition) is 2.